The molecule has 1 aromatic rings. The van der Waals surface area contributed by atoms with Gasteiger partial charge in [-0.3, -0.25) is 10.2 Å². The number of nitrogen functional groups attached to an aromatic ring is 2. The summed E-state index contributed by atoms with van der Waals surface area (Å²) in [5, 5.41) is 2.41. The fourth-order valence-electron chi connectivity index (χ4n) is 0.774. The minimum atomic E-state index is -0.332. The number of hydrogen-bond donors (Lipinski definition) is 4. The molecule has 0 aliphatic carbocycles. The Morgan fingerprint density at radius 2 is 2.31 bits per heavy atom. The number of anilines is 2. The monoisotopic (exact) mass is 182 g/mol. The van der Waals surface area contributed by atoms with E-state index in [-0.39, 0.29) is 23.2 Å². The number of aromatic nitrogens is 2. The first kappa shape index (κ1) is 9.20. The van der Waals surface area contributed by atoms with E-state index in [2.05, 4.69) is 20.7 Å². The number of nitrogens with two attached hydrogens (primary N) is 2. The lowest BCUT2D eigenvalue weighted by Gasteiger charge is -2.03. The molecule has 1 rings (SSSR count). The molecule has 70 valence electrons. The smallest absolute Gasteiger partial charge is 0.256 e. The van der Waals surface area contributed by atoms with Crippen molar-refractivity contribution in [1.29, 1.82) is 0 Å². The van der Waals surface area contributed by atoms with Crippen LogP contribution in [0.2, 0.25) is 0 Å². The molecule has 0 bridgehead atoms. The number of amides is 1. The SMILES string of the molecule is CNC(=O)c1cnc(NN)nc1N. The first-order valence-corrected chi connectivity index (χ1v) is 3.50. The maximum Gasteiger partial charge on any atom is 0.256 e. The average molecular weight is 182 g/mol. The molecule has 0 atom stereocenters. The maximum atomic E-state index is 11.1. The Balaban J connectivity index is 3.05. The van der Waals surface area contributed by atoms with Crippen LogP contribution in [0.3, 0.4) is 0 Å². The molecule has 0 aliphatic rings. The maximum absolute atomic E-state index is 11.1. The molecule has 0 spiro atoms. The number of hydrazine groups is 1. The van der Waals surface area contributed by atoms with Gasteiger partial charge in [-0.05, 0) is 0 Å². The molecular formula is C6H10N6O. The Hall–Kier alpha value is -1.89. The van der Waals surface area contributed by atoms with E-state index in [1.807, 2.05) is 0 Å². The van der Waals surface area contributed by atoms with E-state index in [0.29, 0.717) is 0 Å². The van der Waals surface area contributed by atoms with Gasteiger partial charge in [0.05, 0.1) is 5.56 Å². The number of hydrogen-bond acceptors (Lipinski definition) is 6. The summed E-state index contributed by atoms with van der Waals surface area (Å²) >= 11 is 0. The van der Waals surface area contributed by atoms with E-state index >= 15 is 0 Å². The number of nitrogens with one attached hydrogen (secondary N) is 2. The quantitative estimate of drug-likeness (QED) is 0.333. The molecule has 0 aromatic carbocycles. The summed E-state index contributed by atoms with van der Waals surface area (Å²) in [6, 6.07) is 0. The van der Waals surface area contributed by atoms with Crippen molar-refractivity contribution < 1.29 is 4.79 Å². The van der Waals surface area contributed by atoms with Crippen molar-refractivity contribution in [3.05, 3.63) is 11.8 Å². The predicted molar refractivity (Wildman–Crippen MR) is 47.6 cm³/mol. The van der Waals surface area contributed by atoms with Gasteiger partial charge >= 0.3 is 0 Å². The highest BCUT2D eigenvalue weighted by atomic mass is 16.1. The van der Waals surface area contributed by atoms with Crippen molar-refractivity contribution >= 4 is 17.7 Å². The van der Waals surface area contributed by atoms with Crippen LogP contribution in [0.15, 0.2) is 6.20 Å². The van der Waals surface area contributed by atoms with Crippen molar-refractivity contribution in [2.45, 2.75) is 0 Å². The second-order valence-corrected chi connectivity index (χ2v) is 2.22. The minimum absolute atomic E-state index is 0.0855. The van der Waals surface area contributed by atoms with E-state index in [4.69, 9.17) is 11.6 Å². The standard InChI is InChI=1S/C6H10N6O/c1-9-5(13)3-2-10-6(12-8)11-4(3)7/h2H,8H2,1H3,(H,9,13)(H3,7,10,11,12). The summed E-state index contributed by atoms with van der Waals surface area (Å²) < 4.78 is 0. The first-order valence-electron chi connectivity index (χ1n) is 3.50. The second kappa shape index (κ2) is 3.68. The minimum Gasteiger partial charge on any atom is -0.383 e. The zero-order chi connectivity index (χ0) is 9.84. The Morgan fingerprint density at radius 1 is 1.62 bits per heavy atom. The number of carbonyl (C=O) groups excluding carboxylic acids is 1. The largest absolute Gasteiger partial charge is 0.383 e. The molecule has 0 unspecified atom stereocenters. The Morgan fingerprint density at radius 3 is 2.77 bits per heavy atom. The molecule has 0 aliphatic heterocycles. The van der Waals surface area contributed by atoms with Crippen LogP contribution >= 0.6 is 0 Å². The van der Waals surface area contributed by atoms with Crippen LogP contribution < -0.4 is 22.3 Å². The summed E-state index contributed by atoms with van der Waals surface area (Å²) in [5.41, 5.74) is 7.91. The van der Waals surface area contributed by atoms with Crippen LogP contribution in [0.1, 0.15) is 10.4 Å². The molecule has 0 fully saturated rings. The molecule has 1 amide bonds. The van der Waals surface area contributed by atoms with Crippen LogP contribution in [-0.2, 0) is 0 Å². The summed E-state index contributed by atoms with van der Waals surface area (Å²) in [7, 11) is 1.50. The number of rotatable bonds is 2. The molecule has 1 aromatic heterocycles. The van der Waals surface area contributed by atoms with E-state index in [9.17, 15) is 4.79 Å². The third kappa shape index (κ3) is 1.82. The van der Waals surface area contributed by atoms with Gasteiger partial charge in [-0.15, -0.1) is 0 Å². The lowest BCUT2D eigenvalue weighted by atomic mass is 10.3. The predicted octanol–water partition coefficient (Wildman–Crippen LogP) is -1.30. The topological polar surface area (TPSA) is 119 Å². The highest BCUT2D eigenvalue weighted by molar-refractivity contribution is 5.97. The summed E-state index contributed by atoms with van der Waals surface area (Å²) in [6.45, 7) is 0. The van der Waals surface area contributed by atoms with Gasteiger partial charge in [0.15, 0.2) is 0 Å². The average Bonchev–Trinajstić information content (AvgIpc) is 2.16. The summed E-state index contributed by atoms with van der Waals surface area (Å²) in [6.07, 6.45) is 1.30. The van der Waals surface area contributed by atoms with Crippen molar-refractivity contribution in [3.63, 3.8) is 0 Å². The van der Waals surface area contributed by atoms with Gasteiger partial charge in [-0.1, -0.05) is 0 Å². The zero-order valence-electron chi connectivity index (χ0n) is 7.03. The van der Waals surface area contributed by atoms with Gasteiger partial charge in [-0.25, -0.2) is 10.8 Å². The summed E-state index contributed by atoms with van der Waals surface area (Å²) in [5.74, 6) is 4.97. The molecule has 0 radical (unpaired) electrons. The van der Waals surface area contributed by atoms with Crippen LogP contribution in [0.5, 0.6) is 0 Å². The van der Waals surface area contributed by atoms with Crippen LogP contribution in [0, 0.1) is 0 Å². The van der Waals surface area contributed by atoms with E-state index in [1.165, 1.54) is 13.2 Å². The van der Waals surface area contributed by atoms with Crippen molar-refractivity contribution in [2.75, 3.05) is 18.2 Å². The molecule has 0 saturated heterocycles. The normalized spacial score (nSPS) is 9.38. The molecule has 13 heavy (non-hydrogen) atoms. The molecule has 1 heterocycles. The summed E-state index contributed by atoms with van der Waals surface area (Å²) in [4.78, 5) is 18.6. The third-order valence-corrected chi connectivity index (χ3v) is 1.42. The van der Waals surface area contributed by atoms with Gasteiger partial charge in [0.2, 0.25) is 5.95 Å². The third-order valence-electron chi connectivity index (χ3n) is 1.42. The highest BCUT2D eigenvalue weighted by Gasteiger charge is 2.09. The molecule has 0 saturated carbocycles. The van der Waals surface area contributed by atoms with Crippen LogP contribution in [0.4, 0.5) is 11.8 Å². The van der Waals surface area contributed by atoms with Crippen molar-refractivity contribution in [1.82, 2.24) is 15.3 Å². The number of nitrogens with zero attached hydrogens (tertiary/aromatic N) is 2. The van der Waals surface area contributed by atoms with E-state index in [0.717, 1.165) is 0 Å². The Labute approximate surface area is 74.5 Å². The zero-order valence-corrected chi connectivity index (χ0v) is 7.03. The first-order chi connectivity index (χ1) is 6.19. The van der Waals surface area contributed by atoms with Gasteiger partial charge in [-0.2, -0.15) is 4.98 Å². The second-order valence-electron chi connectivity index (χ2n) is 2.22. The molecular weight excluding hydrogens is 172 g/mol. The van der Waals surface area contributed by atoms with Crippen LogP contribution in [0.25, 0.3) is 0 Å². The van der Waals surface area contributed by atoms with Gasteiger partial charge in [0.1, 0.15) is 5.82 Å². The fourth-order valence-corrected chi connectivity index (χ4v) is 0.774. The fraction of sp³-hybridized carbons (Fsp3) is 0.167. The van der Waals surface area contributed by atoms with Crippen molar-refractivity contribution in [2.24, 2.45) is 5.84 Å². The lowest BCUT2D eigenvalue weighted by molar-refractivity contribution is 0.0963. The lowest BCUT2D eigenvalue weighted by Crippen LogP contribution is -2.21. The molecule has 7 heteroatoms. The van der Waals surface area contributed by atoms with Gasteiger partial charge in [0.25, 0.3) is 5.91 Å². The Kier molecular flexibility index (Phi) is 2.60. The van der Waals surface area contributed by atoms with Gasteiger partial charge < -0.3 is 11.1 Å². The number of carbonyl (C=O) groups is 1. The van der Waals surface area contributed by atoms with E-state index < -0.39 is 0 Å². The highest BCUT2D eigenvalue weighted by Crippen LogP contribution is 2.08. The Bertz CT molecular complexity index is 325. The molecule has 6 N–H and O–H groups in total. The van der Waals surface area contributed by atoms with Gasteiger partial charge in [0, 0.05) is 13.2 Å². The van der Waals surface area contributed by atoms with Crippen LogP contribution in [-0.4, -0.2) is 22.9 Å². The van der Waals surface area contributed by atoms with Crippen molar-refractivity contribution in [3.8, 4) is 0 Å². The van der Waals surface area contributed by atoms with E-state index in [1.54, 1.807) is 0 Å². The molecule has 7 nitrogen and oxygen atoms in total.